The van der Waals surface area contributed by atoms with E-state index in [1.807, 2.05) is 12.4 Å². The van der Waals surface area contributed by atoms with Gasteiger partial charge in [0.1, 0.15) is 0 Å². The van der Waals surface area contributed by atoms with E-state index >= 15 is 0 Å². The number of rotatable bonds is 5. The number of anilines is 1. The van der Waals surface area contributed by atoms with Gasteiger partial charge < -0.3 is 10.2 Å². The third-order valence-corrected chi connectivity index (χ3v) is 3.30. The summed E-state index contributed by atoms with van der Waals surface area (Å²) in [6, 6.07) is 4.87. The molecule has 0 aliphatic carbocycles. The van der Waals surface area contributed by atoms with Crippen molar-refractivity contribution in [2.75, 3.05) is 24.5 Å². The van der Waals surface area contributed by atoms with Gasteiger partial charge in [0.2, 0.25) is 0 Å². The molecule has 1 aromatic rings. The highest BCUT2D eigenvalue weighted by Crippen LogP contribution is 2.24. The van der Waals surface area contributed by atoms with Gasteiger partial charge in [-0.3, -0.25) is 4.98 Å². The molecule has 1 unspecified atom stereocenters. The molecule has 3 nitrogen and oxygen atoms in total. The molecule has 1 aromatic heterocycles. The van der Waals surface area contributed by atoms with Crippen molar-refractivity contribution in [2.24, 2.45) is 5.92 Å². The Labute approximate surface area is 104 Å². The molecule has 0 bridgehead atoms. The van der Waals surface area contributed by atoms with Crippen LogP contribution in [0.5, 0.6) is 0 Å². The molecule has 1 aliphatic heterocycles. The van der Waals surface area contributed by atoms with E-state index in [4.69, 9.17) is 0 Å². The van der Waals surface area contributed by atoms with E-state index in [-0.39, 0.29) is 0 Å². The summed E-state index contributed by atoms with van der Waals surface area (Å²) in [5, 5.41) is 3.57. The Morgan fingerprint density at radius 2 is 2.18 bits per heavy atom. The van der Waals surface area contributed by atoms with E-state index in [0.29, 0.717) is 6.04 Å². The van der Waals surface area contributed by atoms with E-state index in [1.165, 1.54) is 25.1 Å². The molecule has 1 fully saturated rings. The molecule has 1 atom stereocenters. The summed E-state index contributed by atoms with van der Waals surface area (Å²) in [5.41, 5.74) is 1.31. The molecule has 1 aliphatic rings. The van der Waals surface area contributed by atoms with Crippen molar-refractivity contribution in [3.8, 4) is 0 Å². The van der Waals surface area contributed by atoms with Gasteiger partial charge in [-0.05, 0) is 37.4 Å². The van der Waals surface area contributed by atoms with Gasteiger partial charge in [0.05, 0.1) is 0 Å². The number of pyridine rings is 1. The van der Waals surface area contributed by atoms with Crippen molar-refractivity contribution >= 4 is 5.69 Å². The highest BCUT2D eigenvalue weighted by Gasteiger charge is 2.24. The third kappa shape index (κ3) is 3.43. The lowest BCUT2D eigenvalue weighted by atomic mass is 10.2. The van der Waals surface area contributed by atoms with Gasteiger partial charge in [-0.2, -0.15) is 0 Å². The van der Waals surface area contributed by atoms with Crippen molar-refractivity contribution in [1.82, 2.24) is 10.3 Å². The average Bonchev–Trinajstić information content (AvgIpc) is 2.78. The SMILES string of the molecule is CC(C)CNCC1CCCN1c1ccncc1. The number of aromatic nitrogens is 1. The second-order valence-electron chi connectivity index (χ2n) is 5.25. The average molecular weight is 233 g/mol. The van der Waals surface area contributed by atoms with Crippen LogP contribution in [-0.4, -0.2) is 30.7 Å². The van der Waals surface area contributed by atoms with Crippen molar-refractivity contribution in [3.63, 3.8) is 0 Å². The molecule has 0 spiro atoms. The molecular formula is C14H23N3. The van der Waals surface area contributed by atoms with Crippen LogP contribution in [0.2, 0.25) is 0 Å². The molecule has 2 rings (SSSR count). The molecule has 0 saturated carbocycles. The van der Waals surface area contributed by atoms with Crippen LogP contribution in [0.15, 0.2) is 24.5 Å². The van der Waals surface area contributed by atoms with E-state index in [0.717, 1.165) is 19.0 Å². The number of hydrogen-bond donors (Lipinski definition) is 1. The van der Waals surface area contributed by atoms with Crippen molar-refractivity contribution in [1.29, 1.82) is 0 Å². The van der Waals surface area contributed by atoms with Gasteiger partial charge in [-0.15, -0.1) is 0 Å². The van der Waals surface area contributed by atoms with Crippen LogP contribution in [0.1, 0.15) is 26.7 Å². The fourth-order valence-corrected chi connectivity index (χ4v) is 2.46. The summed E-state index contributed by atoms with van der Waals surface area (Å²) in [6.45, 7) is 7.89. The minimum Gasteiger partial charge on any atom is -0.367 e. The monoisotopic (exact) mass is 233 g/mol. The molecule has 1 saturated heterocycles. The molecule has 94 valence electrons. The summed E-state index contributed by atoms with van der Waals surface area (Å²) >= 11 is 0. The first-order valence-corrected chi connectivity index (χ1v) is 6.65. The molecule has 0 aromatic carbocycles. The zero-order chi connectivity index (χ0) is 12.1. The second-order valence-corrected chi connectivity index (χ2v) is 5.25. The maximum atomic E-state index is 4.08. The predicted octanol–water partition coefficient (Wildman–Crippen LogP) is 2.30. The van der Waals surface area contributed by atoms with E-state index in [2.05, 4.69) is 41.2 Å². The Morgan fingerprint density at radius 1 is 1.41 bits per heavy atom. The fraction of sp³-hybridized carbons (Fsp3) is 0.643. The summed E-state index contributed by atoms with van der Waals surface area (Å²) in [5.74, 6) is 0.728. The fourth-order valence-electron chi connectivity index (χ4n) is 2.46. The highest BCUT2D eigenvalue weighted by molar-refractivity contribution is 5.46. The minimum absolute atomic E-state index is 0.649. The number of hydrogen-bond acceptors (Lipinski definition) is 3. The van der Waals surface area contributed by atoms with Crippen LogP contribution in [0.25, 0.3) is 0 Å². The van der Waals surface area contributed by atoms with E-state index in [9.17, 15) is 0 Å². The Hall–Kier alpha value is -1.09. The van der Waals surface area contributed by atoms with Gasteiger partial charge in [-0.25, -0.2) is 0 Å². The minimum atomic E-state index is 0.649. The lowest BCUT2D eigenvalue weighted by Crippen LogP contribution is -2.39. The van der Waals surface area contributed by atoms with Gasteiger partial charge in [-0.1, -0.05) is 13.8 Å². The third-order valence-electron chi connectivity index (χ3n) is 3.30. The van der Waals surface area contributed by atoms with Crippen molar-refractivity contribution < 1.29 is 0 Å². The van der Waals surface area contributed by atoms with Crippen LogP contribution in [0.3, 0.4) is 0 Å². The molecule has 17 heavy (non-hydrogen) atoms. The Balaban J connectivity index is 1.89. The van der Waals surface area contributed by atoms with E-state index < -0.39 is 0 Å². The summed E-state index contributed by atoms with van der Waals surface area (Å²) in [7, 11) is 0. The van der Waals surface area contributed by atoms with Crippen LogP contribution >= 0.6 is 0 Å². The molecule has 0 amide bonds. The first kappa shape index (κ1) is 12.4. The summed E-state index contributed by atoms with van der Waals surface area (Å²) < 4.78 is 0. The summed E-state index contributed by atoms with van der Waals surface area (Å²) in [6.07, 6.45) is 6.36. The van der Waals surface area contributed by atoms with Crippen LogP contribution < -0.4 is 10.2 Å². The smallest absolute Gasteiger partial charge is 0.0415 e. The quantitative estimate of drug-likeness (QED) is 0.846. The van der Waals surface area contributed by atoms with Crippen LogP contribution in [-0.2, 0) is 0 Å². The second kappa shape index (κ2) is 6.01. The topological polar surface area (TPSA) is 28.2 Å². The molecule has 3 heteroatoms. The predicted molar refractivity (Wildman–Crippen MR) is 72.3 cm³/mol. The van der Waals surface area contributed by atoms with Gasteiger partial charge in [0, 0.05) is 37.2 Å². The van der Waals surface area contributed by atoms with Crippen LogP contribution in [0, 0.1) is 5.92 Å². The first-order valence-electron chi connectivity index (χ1n) is 6.65. The Bertz CT molecular complexity index is 323. The Kier molecular flexibility index (Phi) is 4.37. The van der Waals surface area contributed by atoms with Crippen molar-refractivity contribution in [3.05, 3.63) is 24.5 Å². The number of nitrogens with zero attached hydrogens (tertiary/aromatic N) is 2. The van der Waals surface area contributed by atoms with Crippen LogP contribution in [0.4, 0.5) is 5.69 Å². The highest BCUT2D eigenvalue weighted by atomic mass is 15.2. The zero-order valence-corrected chi connectivity index (χ0v) is 10.9. The lowest BCUT2D eigenvalue weighted by Gasteiger charge is -2.27. The van der Waals surface area contributed by atoms with Crippen molar-refractivity contribution in [2.45, 2.75) is 32.7 Å². The van der Waals surface area contributed by atoms with Gasteiger partial charge in [0.25, 0.3) is 0 Å². The maximum Gasteiger partial charge on any atom is 0.0415 e. The maximum absolute atomic E-state index is 4.08. The lowest BCUT2D eigenvalue weighted by molar-refractivity contribution is 0.512. The molecular weight excluding hydrogens is 210 g/mol. The normalized spacial score (nSPS) is 20.2. The summed E-state index contributed by atoms with van der Waals surface area (Å²) in [4.78, 5) is 6.59. The van der Waals surface area contributed by atoms with Gasteiger partial charge >= 0.3 is 0 Å². The Morgan fingerprint density at radius 3 is 2.88 bits per heavy atom. The zero-order valence-electron chi connectivity index (χ0n) is 10.9. The number of nitrogens with one attached hydrogen (secondary N) is 1. The first-order chi connectivity index (χ1) is 8.27. The molecule has 2 heterocycles. The van der Waals surface area contributed by atoms with Gasteiger partial charge in [0.15, 0.2) is 0 Å². The molecule has 1 N–H and O–H groups in total. The van der Waals surface area contributed by atoms with E-state index in [1.54, 1.807) is 0 Å². The molecule has 0 radical (unpaired) electrons. The standard InChI is InChI=1S/C14H23N3/c1-12(2)10-16-11-14-4-3-9-17(14)13-5-7-15-8-6-13/h5-8,12,14,16H,3-4,9-11H2,1-2H3. The largest absolute Gasteiger partial charge is 0.367 e.